The standard InChI is InChI=1S/C14H16ClN3O3S/c1-9-12(13(15)18(3)16-9)14(20)21-8-11(19)17(2)7-10-5-4-6-22-10/h4-6H,7-8H2,1-3H3. The van der Waals surface area contributed by atoms with E-state index in [2.05, 4.69) is 5.10 Å². The SMILES string of the molecule is Cc1nn(C)c(Cl)c1C(=O)OCC(=O)N(C)Cc1cccs1. The average Bonchev–Trinajstić information content (AvgIpc) is 3.05. The highest BCUT2D eigenvalue weighted by Gasteiger charge is 2.22. The number of carbonyl (C=O) groups is 2. The first-order chi connectivity index (χ1) is 10.4. The number of rotatable bonds is 5. The van der Waals surface area contributed by atoms with Crippen LogP contribution in [0.5, 0.6) is 0 Å². The van der Waals surface area contributed by atoms with Crippen molar-refractivity contribution in [3.05, 3.63) is 38.8 Å². The Bertz CT molecular complexity index is 682. The van der Waals surface area contributed by atoms with E-state index in [1.165, 1.54) is 9.58 Å². The predicted octanol–water partition coefficient (Wildman–Crippen LogP) is 2.26. The maximum Gasteiger partial charge on any atom is 0.343 e. The fourth-order valence-electron chi connectivity index (χ4n) is 1.90. The van der Waals surface area contributed by atoms with E-state index in [1.807, 2.05) is 17.5 Å². The Kier molecular flexibility index (Phi) is 5.20. The van der Waals surface area contributed by atoms with E-state index in [1.54, 1.807) is 32.4 Å². The molecule has 0 saturated carbocycles. The van der Waals surface area contributed by atoms with Gasteiger partial charge < -0.3 is 9.64 Å². The van der Waals surface area contributed by atoms with Gasteiger partial charge in [0.2, 0.25) is 0 Å². The highest BCUT2D eigenvalue weighted by Crippen LogP contribution is 2.19. The first-order valence-corrected chi connectivity index (χ1v) is 7.78. The fourth-order valence-corrected chi connectivity index (χ4v) is 2.90. The predicted molar refractivity (Wildman–Crippen MR) is 84.0 cm³/mol. The van der Waals surface area contributed by atoms with Gasteiger partial charge in [0.05, 0.1) is 12.2 Å². The molecular formula is C14H16ClN3O3S. The third kappa shape index (κ3) is 3.66. The lowest BCUT2D eigenvalue weighted by Gasteiger charge is -2.16. The summed E-state index contributed by atoms with van der Waals surface area (Å²) >= 11 is 7.55. The van der Waals surface area contributed by atoms with Gasteiger partial charge in [-0.05, 0) is 18.4 Å². The average molecular weight is 342 g/mol. The Morgan fingerprint density at radius 2 is 2.23 bits per heavy atom. The molecule has 2 rings (SSSR count). The Morgan fingerprint density at radius 1 is 1.50 bits per heavy atom. The molecule has 0 aliphatic carbocycles. The molecule has 0 unspecified atom stereocenters. The van der Waals surface area contributed by atoms with Crippen molar-refractivity contribution in [3.63, 3.8) is 0 Å². The van der Waals surface area contributed by atoms with Crippen molar-refractivity contribution in [2.45, 2.75) is 13.5 Å². The van der Waals surface area contributed by atoms with Gasteiger partial charge in [0.25, 0.3) is 5.91 Å². The van der Waals surface area contributed by atoms with Gasteiger partial charge in [-0.3, -0.25) is 9.48 Å². The number of aryl methyl sites for hydroxylation is 2. The molecule has 8 heteroatoms. The van der Waals surface area contributed by atoms with E-state index in [0.717, 1.165) is 4.88 Å². The zero-order chi connectivity index (χ0) is 16.3. The number of halogens is 1. The number of amides is 1. The molecule has 0 N–H and O–H groups in total. The summed E-state index contributed by atoms with van der Waals surface area (Å²) in [4.78, 5) is 26.6. The molecule has 0 spiro atoms. The number of ether oxygens (including phenoxy) is 1. The zero-order valence-electron chi connectivity index (χ0n) is 12.5. The summed E-state index contributed by atoms with van der Waals surface area (Å²) in [7, 11) is 3.30. The molecule has 1 amide bonds. The number of thiophene rings is 1. The van der Waals surface area contributed by atoms with Crippen LogP contribution in [-0.2, 0) is 23.1 Å². The van der Waals surface area contributed by atoms with Gasteiger partial charge in [0, 0.05) is 19.0 Å². The normalized spacial score (nSPS) is 10.5. The van der Waals surface area contributed by atoms with Crippen LogP contribution in [0, 0.1) is 6.92 Å². The summed E-state index contributed by atoms with van der Waals surface area (Å²) in [5.74, 6) is -0.923. The van der Waals surface area contributed by atoms with Gasteiger partial charge in [-0.1, -0.05) is 17.7 Å². The van der Waals surface area contributed by atoms with Crippen molar-refractivity contribution in [2.24, 2.45) is 7.05 Å². The van der Waals surface area contributed by atoms with Gasteiger partial charge in [-0.25, -0.2) is 4.79 Å². The summed E-state index contributed by atoms with van der Waals surface area (Å²) in [6.45, 7) is 1.82. The molecule has 0 aromatic carbocycles. The van der Waals surface area contributed by atoms with Crippen LogP contribution in [0.15, 0.2) is 17.5 Å². The minimum absolute atomic E-state index is 0.192. The third-order valence-electron chi connectivity index (χ3n) is 3.08. The van der Waals surface area contributed by atoms with E-state index in [-0.39, 0.29) is 23.2 Å². The van der Waals surface area contributed by atoms with Crippen LogP contribution in [0.1, 0.15) is 20.9 Å². The van der Waals surface area contributed by atoms with Crippen molar-refractivity contribution < 1.29 is 14.3 Å². The van der Waals surface area contributed by atoms with Crippen LogP contribution in [-0.4, -0.2) is 40.2 Å². The minimum atomic E-state index is -0.645. The summed E-state index contributed by atoms with van der Waals surface area (Å²) < 4.78 is 6.43. The van der Waals surface area contributed by atoms with Crippen LogP contribution in [0.4, 0.5) is 0 Å². The topological polar surface area (TPSA) is 64.4 Å². The fraction of sp³-hybridized carbons (Fsp3) is 0.357. The van der Waals surface area contributed by atoms with Crippen LogP contribution in [0.3, 0.4) is 0 Å². The largest absolute Gasteiger partial charge is 0.452 e. The van der Waals surface area contributed by atoms with Crippen molar-refractivity contribution in [1.29, 1.82) is 0 Å². The molecule has 2 heterocycles. The van der Waals surface area contributed by atoms with Crippen molar-refractivity contribution >= 4 is 34.8 Å². The number of esters is 1. The molecule has 0 aliphatic rings. The quantitative estimate of drug-likeness (QED) is 0.782. The van der Waals surface area contributed by atoms with E-state index in [0.29, 0.717) is 12.2 Å². The van der Waals surface area contributed by atoms with Crippen molar-refractivity contribution in [3.8, 4) is 0 Å². The van der Waals surface area contributed by atoms with Gasteiger partial charge in [0.15, 0.2) is 6.61 Å². The van der Waals surface area contributed by atoms with Gasteiger partial charge in [-0.15, -0.1) is 11.3 Å². The number of likely N-dealkylation sites (N-methyl/N-ethyl adjacent to an activating group) is 1. The Labute approximate surface area is 137 Å². The second kappa shape index (κ2) is 6.93. The lowest BCUT2D eigenvalue weighted by molar-refractivity contribution is -0.133. The first-order valence-electron chi connectivity index (χ1n) is 6.52. The third-order valence-corrected chi connectivity index (χ3v) is 4.38. The van der Waals surface area contributed by atoms with Crippen LogP contribution in [0.2, 0.25) is 5.15 Å². The molecule has 22 heavy (non-hydrogen) atoms. The Morgan fingerprint density at radius 3 is 2.77 bits per heavy atom. The number of hydrogen-bond donors (Lipinski definition) is 0. The van der Waals surface area contributed by atoms with Gasteiger partial charge in [-0.2, -0.15) is 5.10 Å². The van der Waals surface area contributed by atoms with Crippen LogP contribution in [0.25, 0.3) is 0 Å². The molecule has 2 aromatic rings. The second-order valence-corrected chi connectivity index (χ2v) is 6.17. The second-order valence-electron chi connectivity index (χ2n) is 4.78. The molecule has 0 bridgehead atoms. The number of aromatic nitrogens is 2. The van der Waals surface area contributed by atoms with Gasteiger partial charge >= 0.3 is 5.97 Å². The summed E-state index contributed by atoms with van der Waals surface area (Å²) in [6.07, 6.45) is 0. The molecule has 0 radical (unpaired) electrons. The lowest BCUT2D eigenvalue weighted by atomic mass is 10.3. The first kappa shape index (κ1) is 16.5. The number of carbonyl (C=O) groups excluding carboxylic acids is 2. The molecule has 2 aromatic heterocycles. The number of nitrogens with zero attached hydrogens (tertiary/aromatic N) is 3. The monoisotopic (exact) mass is 341 g/mol. The van der Waals surface area contributed by atoms with E-state index < -0.39 is 5.97 Å². The smallest absolute Gasteiger partial charge is 0.343 e. The van der Waals surface area contributed by atoms with E-state index >= 15 is 0 Å². The van der Waals surface area contributed by atoms with Crippen molar-refractivity contribution in [2.75, 3.05) is 13.7 Å². The molecular weight excluding hydrogens is 326 g/mol. The maximum absolute atomic E-state index is 12.0. The van der Waals surface area contributed by atoms with E-state index in [4.69, 9.17) is 16.3 Å². The molecule has 6 nitrogen and oxygen atoms in total. The summed E-state index contributed by atoms with van der Waals surface area (Å²) in [6, 6.07) is 3.87. The van der Waals surface area contributed by atoms with E-state index in [9.17, 15) is 9.59 Å². The molecule has 0 aliphatic heterocycles. The maximum atomic E-state index is 12.0. The molecule has 0 atom stereocenters. The lowest BCUT2D eigenvalue weighted by Crippen LogP contribution is -2.30. The highest BCUT2D eigenvalue weighted by atomic mass is 35.5. The number of hydrogen-bond acceptors (Lipinski definition) is 5. The van der Waals surface area contributed by atoms with Crippen molar-refractivity contribution in [1.82, 2.24) is 14.7 Å². The Hall–Kier alpha value is -1.86. The molecule has 118 valence electrons. The highest BCUT2D eigenvalue weighted by molar-refractivity contribution is 7.09. The van der Waals surface area contributed by atoms with Crippen LogP contribution < -0.4 is 0 Å². The minimum Gasteiger partial charge on any atom is -0.452 e. The molecule has 0 fully saturated rings. The van der Waals surface area contributed by atoms with Crippen LogP contribution >= 0.6 is 22.9 Å². The Balaban J connectivity index is 1.91. The zero-order valence-corrected chi connectivity index (χ0v) is 14.1. The summed E-state index contributed by atoms with van der Waals surface area (Å²) in [5.41, 5.74) is 0.662. The van der Waals surface area contributed by atoms with Gasteiger partial charge in [0.1, 0.15) is 10.7 Å². The molecule has 0 saturated heterocycles. The summed E-state index contributed by atoms with van der Waals surface area (Å²) in [5, 5.41) is 6.18.